The largest absolute Gasteiger partial charge is 0.305 e. The second-order valence-electron chi connectivity index (χ2n) is 7.49. The first kappa shape index (κ1) is 17.3. The molecule has 0 radical (unpaired) electrons. The third-order valence-corrected chi connectivity index (χ3v) is 5.65. The van der Waals surface area contributed by atoms with E-state index in [4.69, 9.17) is 11.6 Å². The van der Waals surface area contributed by atoms with E-state index in [0.29, 0.717) is 10.6 Å². The van der Waals surface area contributed by atoms with Gasteiger partial charge in [-0.05, 0) is 61.7 Å². The minimum absolute atomic E-state index is 0.624. The molecule has 2 aromatic carbocycles. The number of imidazole rings is 1. The van der Waals surface area contributed by atoms with E-state index in [1.165, 1.54) is 32.4 Å². The van der Waals surface area contributed by atoms with Crippen molar-refractivity contribution < 1.29 is 4.79 Å². The Morgan fingerprint density at radius 2 is 1.96 bits per heavy atom. The first-order chi connectivity index (χ1) is 12.6. The Labute approximate surface area is 158 Å². The van der Waals surface area contributed by atoms with Crippen molar-refractivity contribution in [3.05, 3.63) is 59.4 Å². The van der Waals surface area contributed by atoms with Crippen LogP contribution in [0.25, 0.3) is 16.7 Å². The first-order valence-electron chi connectivity index (χ1n) is 8.95. The lowest BCUT2D eigenvalue weighted by Gasteiger charge is -2.54. The van der Waals surface area contributed by atoms with Gasteiger partial charge in [-0.25, -0.2) is 4.98 Å². The van der Waals surface area contributed by atoms with Crippen LogP contribution in [-0.4, -0.2) is 40.9 Å². The molecule has 1 saturated heterocycles. The van der Waals surface area contributed by atoms with E-state index in [9.17, 15) is 4.79 Å². The molecular formula is C21H22ClN3O. The molecule has 1 aliphatic heterocycles. The summed E-state index contributed by atoms with van der Waals surface area (Å²) in [7, 11) is 2.21. The van der Waals surface area contributed by atoms with Crippen LogP contribution in [0.1, 0.15) is 29.6 Å². The Morgan fingerprint density at radius 3 is 2.54 bits per heavy atom. The van der Waals surface area contributed by atoms with Gasteiger partial charge in [0.2, 0.25) is 0 Å². The van der Waals surface area contributed by atoms with Gasteiger partial charge in [-0.1, -0.05) is 24.1 Å². The summed E-state index contributed by atoms with van der Waals surface area (Å²) in [6.07, 6.45) is 7.06. The van der Waals surface area contributed by atoms with Crippen LogP contribution in [-0.2, 0) is 0 Å². The Balaban J connectivity index is 0.000000174. The summed E-state index contributed by atoms with van der Waals surface area (Å²) in [6.45, 7) is 2.76. The van der Waals surface area contributed by atoms with E-state index < -0.39 is 0 Å². The topological polar surface area (TPSA) is 38.1 Å². The molecule has 1 aromatic heterocycles. The van der Waals surface area contributed by atoms with Crippen LogP contribution < -0.4 is 0 Å². The number of hydrogen-bond donors (Lipinski definition) is 0. The Kier molecular flexibility index (Phi) is 4.55. The number of halogens is 1. The number of likely N-dealkylation sites (tertiary alicyclic amines) is 1. The van der Waals surface area contributed by atoms with E-state index >= 15 is 0 Å². The molecule has 0 amide bonds. The van der Waals surface area contributed by atoms with Crippen LogP contribution >= 0.6 is 11.6 Å². The monoisotopic (exact) mass is 367 g/mol. The molecule has 1 spiro atoms. The third-order valence-electron chi connectivity index (χ3n) is 5.42. The normalized spacial score (nSPS) is 17.9. The van der Waals surface area contributed by atoms with Gasteiger partial charge in [-0.2, -0.15) is 0 Å². The minimum atomic E-state index is 0.624. The Morgan fingerprint density at radius 1 is 1.15 bits per heavy atom. The van der Waals surface area contributed by atoms with Crippen molar-refractivity contribution in [1.29, 1.82) is 0 Å². The number of fused-ring (bicyclic) bond motifs is 1. The maximum Gasteiger partial charge on any atom is 0.150 e. The van der Waals surface area contributed by atoms with E-state index in [0.717, 1.165) is 28.4 Å². The fourth-order valence-corrected chi connectivity index (χ4v) is 4.21. The van der Waals surface area contributed by atoms with E-state index in [1.54, 1.807) is 18.5 Å². The molecule has 5 heteroatoms. The van der Waals surface area contributed by atoms with E-state index in [1.807, 2.05) is 34.9 Å². The van der Waals surface area contributed by atoms with Crippen LogP contribution in [0.3, 0.4) is 0 Å². The maximum absolute atomic E-state index is 10.7. The zero-order valence-electron chi connectivity index (χ0n) is 14.9. The summed E-state index contributed by atoms with van der Waals surface area (Å²) < 4.78 is 1.94. The zero-order valence-corrected chi connectivity index (χ0v) is 15.6. The molecule has 4 nitrogen and oxygen atoms in total. The van der Waals surface area contributed by atoms with Crippen molar-refractivity contribution in [2.45, 2.75) is 19.3 Å². The van der Waals surface area contributed by atoms with Crippen LogP contribution in [0, 0.1) is 5.41 Å². The van der Waals surface area contributed by atoms with Gasteiger partial charge < -0.3 is 4.90 Å². The second-order valence-corrected chi connectivity index (χ2v) is 7.92. The standard InChI is InChI=1S/C14H9ClN2O.C7H13N/c15-11-2-1-3-12(7-11)17-9-16-13-6-10(8-18)4-5-14(13)17;1-8-5-7(6-8)3-2-4-7/h1-9H;2-6H2,1H3. The summed E-state index contributed by atoms with van der Waals surface area (Å²) in [5.41, 5.74) is 4.15. The number of carbonyl (C=O) groups is 1. The number of aldehydes is 1. The van der Waals surface area contributed by atoms with Crippen LogP contribution in [0.5, 0.6) is 0 Å². The van der Waals surface area contributed by atoms with Crippen molar-refractivity contribution in [3.63, 3.8) is 0 Å². The Bertz CT molecular complexity index is 937. The molecular weight excluding hydrogens is 346 g/mol. The molecule has 134 valence electrons. The smallest absolute Gasteiger partial charge is 0.150 e. The fourth-order valence-electron chi connectivity index (χ4n) is 4.03. The average Bonchev–Trinajstić information content (AvgIpc) is 3.01. The minimum Gasteiger partial charge on any atom is -0.305 e. The van der Waals surface area contributed by atoms with Crippen molar-refractivity contribution in [2.75, 3.05) is 20.1 Å². The number of carbonyl (C=O) groups excluding carboxylic acids is 1. The second kappa shape index (κ2) is 6.86. The highest BCUT2D eigenvalue weighted by Crippen LogP contribution is 2.47. The molecule has 26 heavy (non-hydrogen) atoms. The van der Waals surface area contributed by atoms with Gasteiger partial charge in [-0.15, -0.1) is 0 Å². The van der Waals surface area contributed by atoms with Gasteiger partial charge in [0.05, 0.1) is 11.0 Å². The van der Waals surface area contributed by atoms with Crippen molar-refractivity contribution >= 4 is 28.9 Å². The van der Waals surface area contributed by atoms with Crippen LogP contribution in [0.2, 0.25) is 5.02 Å². The summed E-state index contributed by atoms with van der Waals surface area (Å²) in [5, 5.41) is 0.680. The summed E-state index contributed by atoms with van der Waals surface area (Å²) in [5.74, 6) is 0. The van der Waals surface area contributed by atoms with Gasteiger partial charge in [-0.3, -0.25) is 9.36 Å². The van der Waals surface area contributed by atoms with Gasteiger partial charge in [0.25, 0.3) is 0 Å². The van der Waals surface area contributed by atoms with E-state index in [-0.39, 0.29) is 0 Å². The highest BCUT2D eigenvalue weighted by Gasteiger charge is 2.45. The molecule has 3 aromatic rings. The van der Waals surface area contributed by atoms with E-state index in [2.05, 4.69) is 16.9 Å². The van der Waals surface area contributed by atoms with Crippen molar-refractivity contribution in [1.82, 2.24) is 14.5 Å². The predicted octanol–water partition coefficient (Wildman–Crippen LogP) is 4.59. The molecule has 0 N–H and O–H groups in total. The molecule has 0 bridgehead atoms. The number of aromatic nitrogens is 2. The summed E-state index contributed by atoms with van der Waals surface area (Å²) in [6, 6.07) is 13.0. The van der Waals surface area contributed by atoms with Gasteiger partial charge >= 0.3 is 0 Å². The summed E-state index contributed by atoms with van der Waals surface area (Å²) >= 11 is 5.98. The number of rotatable bonds is 2. The number of benzene rings is 2. The van der Waals surface area contributed by atoms with Gasteiger partial charge in [0.15, 0.2) is 0 Å². The molecule has 5 rings (SSSR count). The average molecular weight is 368 g/mol. The van der Waals surface area contributed by atoms with Gasteiger partial charge in [0.1, 0.15) is 12.6 Å². The molecule has 2 aliphatic rings. The zero-order chi connectivity index (χ0) is 18.1. The molecule has 1 aliphatic carbocycles. The molecule has 2 fully saturated rings. The van der Waals surface area contributed by atoms with Crippen LogP contribution in [0.15, 0.2) is 48.8 Å². The van der Waals surface area contributed by atoms with Gasteiger partial charge in [0, 0.05) is 29.4 Å². The highest BCUT2D eigenvalue weighted by atomic mass is 35.5. The fraction of sp³-hybridized carbons (Fsp3) is 0.333. The van der Waals surface area contributed by atoms with Crippen molar-refractivity contribution in [2.24, 2.45) is 5.41 Å². The summed E-state index contributed by atoms with van der Waals surface area (Å²) in [4.78, 5) is 17.4. The maximum atomic E-state index is 10.7. The van der Waals surface area contributed by atoms with Crippen molar-refractivity contribution in [3.8, 4) is 5.69 Å². The first-order valence-corrected chi connectivity index (χ1v) is 9.33. The highest BCUT2D eigenvalue weighted by molar-refractivity contribution is 6.30. The SMILES string of the molecule is CN1CC2(CCC2)C1.O=Cc1ccc2c(c1)ncn2-c1cccc(Cl)c1. The molecule has 0 unspecified atom stereocenters. The number of hydrogen-bond acceptors (Lipinski definition) is 3. The lowest BCUT2D eigenvalue weighted by atomic mass is 9.64. The molecule has 0 atom stereocenters. The molecule has 1 saturated carbocycles. The lowest BCUT2D eigenvalue weighted by Crippen LogP contribution is -2.57. The quantitative estimate of drug-likeness (QED) is 0.621. The van der Waals surface area contributed by atoms with Crippen LogP contribution in [0.4, 0.5) is 0 Å². The number of nitrogens with zero attached hydrogens (tertiary/aromatic N) is 3. The Hall–Kier alpha value is -2.17. The molecule has 2 heterocycles. The third kappa shape index (κ3) is 3.27. The predicted molar refractivity (Wildman–Crippen MR) is 105 cm³/mol. The lowest BCUT2D eigenvalue weighted by molar-refractivity contribution is -0.0436.